The van der Waals surface area contributed by atoms with Crippen molar-refractivity contribution in [2.45, 2.75) is 32.2 Å². The van der Waals surface area contributed by atoms with Gasteiger partial charge in [0, 0.05) is 39.2 Å². The maximum Gasteiger partial charge on any atom is 0.255 e. The van der Waals surface area contributed by atoms with E-state index < -0.39 is 13.0 Å². The highest BCUT2D eigenvalue weighted by atomic mass is 19.3. The Morgan fingerprint density at radius 1 is 1.29 bits per heavy atom. The molecule has 1 aliphatic heterocycles. The van der Waals surface area contributed by atoms with Gasteiger partial charge in [-0.25, -0.2) is 13.8 Å². The van der Waals surface area contributed by atoms with Gasteiger partial charge in [0.25, 0.3) is 6.43 Å². The van der Waals surface area contributed by atoms with Crippen molar-refractivity contribution in [1.82, 2.24) is 15.3 Å². The molecule has 0 bridgehead atoms. The molecular formula is C20H25F2N5O. The number of rotatable bonds is 7. The number of aromatic nitrogens is 2. The summed E-state index contributed by atoms with van der Waals surface area (Å²) >= 11 is 0. The zero-order valence-corrected chi connectivity index (χ0v) is 16.3. The molecule has 0 radical (unpaired) electrons. The van der Waals surface area contributed by atoms with E-state index in [-0.39, 0.29) is 11.9 Å². The topological polar surface area (TPSA) is 61.4 Å². The van der Waals surface area contributed by atoms with Crippen LogP contribution in [0.1, 0.15) is 36.9 Å². The summed E-state index contributed by atoms with van der Waals surface area (Å²) in [5.74, 6) is 1.40. The summed E-state index contributed by atoms with van der Waals surface area (Å²) in [5.41, 5.74) is 2.30. The second-order valence-corrected chi connectivity index (χ2v) is 7.18. The van der Waals surface area contributed by atoms with Gasteiger partial charge in [-0.2, -0.15) is 4.98 Å². The molecule has 8 heteroatoms. The van der Waals surface area contributed by atoms with Crippen molar-refractivity contribution in [3.63, 3.8) is 0 Å². The number of alkyl halides is 2. The molecule has 1 aliphatic rings. The number of amides is 1. The quantitative estimate of drug-likeness (QED) is 0.789. The van der Waals surface area contributed by atoms with Gasteiger partial charge < -0.3 is 15.1 Å². The monoisotopic (exact) mass is 389 g/mol. The van der Waals surface area contributed by atoms with Crippen LogP contribution in [0.2, 0.25) is 0 Å². The standard InChI is InChI=1S/C20H25F2N5O/c1-13(24-14(2)28)15-4-6-16(7-5-15)17-10-27(11-17)19-8-9-23-20(25-19)26(3)12-18(21)22/h4-9,13,17-18H,10-12H2,1-3H3,(H,24,28)/t13-/m0/s1. The Hall–Kier alpha value is -2.77. The van der Waals surface area contributed by atoms with Crippen LogP contribution < -0.4 is 15.1 Å². The predicted molar refractivity (Wildman–Crippen MR) is 105 cm³/mol. The lowest BCUT2D eigenvalue weighted by molar-refractivity contribution is -0.119. The number of hydrogen-bond acceptors (Lipinski definition) is 5. The van der Waals surface area contributed by atoms with Crippen LogP contribution in [0.5, 0.6) is 0 Å². The second kappa shape index (κ2) is 8.50. The number of nitrogens with zero attached hydrogens (tertiary/aromatic N) is 4. The molecule has 0 unspecified atom stereocenters. The van der Waals surface area contributed by atoms with Crippen molar-refractivity contribution < 1.29 is 13.6 Å². The number of carbonyl (C=O) groups is 1. The first-order valence-electron chi connectivity index (χ1n) is 9.27. The largest absolute Gasteiger partial charge is 0.355 e. The van der Waals surface area contributed by atoms with Crippen molar-refractivity contribution in [2.75, 3.05) is 36.5 Å². The van der Waals surface area contributed by atoms with E-state index in [2.05, 4.69) is 32.3 Å². The van der Waals surface area contributed by atoms with Gasteiger partial charge in [0.2, 0.25) is 11.9 Å². The van der Waals surface area contributed by atoms with Crippen LogP contribution in [0.25, 0.3) is 0 Å². The highest BCUT2D eigenvalue weighted by Gasteiger charge is 2.29. The fraction of sp³-hybridized carbons (Fsp3) is 0.450. The van der Waals surface area contributed by atoms with Crippen LogP contribution >= 0.6 is 0 Å². The lowest BCUT2D eigenvalue weighted by Crippen LogP contribution is -2.45. The number of hydrogen-bond donors (Lipinski definition) is 1. The third kappa shape index (κ3) is 4.74. The van der Waals surface area contributed by atoms with E-state index in [0.29, 0.717) is 11.9 Å². The minimum absolute atomic E-state index is 0.0193. The average Bonchev–Trinajstić information content (AvgIpc) is 2.60. The van der Waals surface area contributed by atoms with Gasteiger partial charge in [-0.1, -0.05) is 24.3 Å². The molecule has 1 aromatic heterocycles. The number of benzene rings is 1. The number of halogens is 2. The van der Waals surface area contributed by atoms with E-state index in [1.807, 2.05) is 19.1 Å². The summed E-state index contributed by atoms with van der Waals surface area (Å²) in [6.45, 7) is 4.71. The SMILES string of the molecule is CC(=O)N[C@@H](C)c1ccc(C2CN(c3ccnc(N(C)CC(F)F)n3)C2)cc1. The summed E-state index contributed by atoms with van der Waals surface area (Å²) < 4.78 is 25.1. The fourth-order valence-corrected chi connectivity index (χ4v) is 3.31. The molecule has 1 atom stereocenters. The molecule has 1 amide bonds. The maximum atomic E-state index is 12.6. The third-order valence-electron chi connectivity index (χ3n) is 4.91. The molecule has 3 rings (SSSR count). The highest BCUT2D eigenvalue weighted by Crippen LogP contribution is 2.31. The van der Waals surface area contributed by atoms with Crippen molar-refractivity contribution in [2.24, 2.45) is 0 Å². The summed E-state index contributed by atoms with van der Waals surface area (Å²) in [7, 11) is 1.56. The summed E-state index contributed by atoms with van der Waals surface area (Å²) in [5, 5.41) is 2.88. The Balaban J connectivity index is 1.59. The first kappa shape index (κ1) is 20.0. The lowest BCUT2D eigenvalue weighted by Gasteiger charge is -2.40. The lowest BCUT2D eigenvalue weighted by atomic mass is 9.90. The molecule has 1 fully saturated rings. The fourth-order valence-electron chi connectivity index (χ4n) is 3.31. The van der Waals surface area contributed by atoms with Gasteiger partial charge in [0.1, 0.15) is 5.82 Å². The maximum absolute atomic E-state index is 12.6. The van der Waals surface area contributed by atoms with Gasteiger partial charge in [0.05, 0.1) is 12.6 Å². The zero-order chi connectivity index (χ0) is 20.3. The molecule has 0 spiro atoms. The van der Waals surface area contributed by atoms with Crippen molar-refractivity contribution in [1.29, 1.82) is 0 Å². The number of carbonyl (C=O) groups excluding carboxylic acids is 1. The summed E-state index contributed by atoms with van der Waals surface area (Å²) in [4.78, 5) is 23.1. The normalized spacial score (nSPS) is 15.3. The van der Waals surface area contributed by atoms with Gasteiger partial charge in [-0.05, 0) is 24.1 Å². The molecule has 0 aliphatic carbocycles. The molecule has 2 aromatic rings. The van der Waals surface area contributed by atoms with E-state index in [1.165, 1.54) is 17.4 Å². The minimum atomic E-state index is -2.43. The Morgan fingerprint density at radius 3 is 2.57 bits per heavy atom. The molecule has 1 aromatic carbocycles. The van der Waals surface area contributed by atoms with Crippen molar-refractivity contribution in [3.05, 3.63) is 47.7 Å². The van der Waals surface area contributed by atoms with Crippen LogP contribution in [-0.4, -0.2) is 49.0 Å². The molecule has 28 heavy (non-hydrogen) atoms. The van der Waals surface area contributed by atoms with Crippen LogP contribution in [0.15, 0.2) is 36.5 Å². The Labute approximate surface area is 163 Å². The Bertz CT molecular complexity index is 808. The Morgan fingerprint density at radius 2 is 1.96 bits per heavy atom. The van der Waals surface area contributed by atoms with E-state index in [4.69, 9.17) is 0 Å². The predicted octanol–water partition coefficient (Wildman–Crippen LogP) is 2.98. The van der Waals surface area contributed by atoms with Crippen LogP contribution in [-0.2, 0) is 4.79 Å². The second-order valence-electron chi connectivity index (χ2n) is 7.18. The van der Waals surface area contributed by atoms with Crippen LogP contribution in [0.3, 0.4) is 0 Å². The molecule has 2 heterocycles. The molecule has 1 N–H and O–H groups in total. The minimum Gasteiger partial charge on any atom is -0.355 e. The van der Waals surface area contributed by atoms with E-state index in [0.717, 1.165) is 24.5 Å². The Kier molecular flexibility index (Phi) is 6.06. The van der Waals surface area contributed by atoms with Crippen molar-refractivity contribution >= 4 is 17.7 Å². The van der Waals surface area contributed by atoms with E-state index in [1.54, 1.807) is 19.3 Å². The molecule has 1 saturated heterocycles. The molecule has 6 nitrogen and oxygen atoms in total. The van der Waals surface area contributed by atoms with Gasteiger partial charge in [-0.15, -0.1) is 0 Å². The smallest absolute Gasteiger partial charge is 0.255 e. The zero-order valence-electron chi connectivity index (χ0n) is 16.3. The van der Waals surface area contributed by atoms with Gasteiger partial charge >= 0.3 is 0 Å². The van der Waals surface area contributed by atoms with Gasteiger partial charge in [-0.3, -0.25) is 4.79 Å². The summed E-state index contributed by atoms with van der Waals surface area (Å²) in [6, 6.07) is 10.1. The van der Waals surface area contributed by atoms with Crippen LogP contribution in [0.4, 0.5) is 20.5 Å². The first-order chi connectivity index (χ1) is 13.3. The van der Waals surface area contributed by atoms with E-state index >= 15 is 0 Å². The van der Waals surface area contributed by atoms with Crippen LogP contribution in [0, 0.1) is 0 Å². The molecule has 0 saturated carbocycles. The molecule has 150 valence electrons. The van der Waals surface area contributed by atoms with Gasteiger partial charge in [0.15, 0.2) is 0 Å². The highest BCUT2D eigenvalue weighted by molar-refractivity contribution is 5.73. The van der Waals surface area contributed by atoms with Crippen molar-refractivity contribution in [3.8, 4) is 0 Å². The third-order valence-corrected chi connectivity index (χ3v) is 4.91. The molecular weight excluding hydrogens is 364 g/mol. The summed E-state index contributed by atoms with van der Waals surface area (Å²) in [6.07, 6.45) is -0.826. The first-order valence-corrected chi connectivity index (χ1v) is 9.27. The number of nitrogens with one attached hydrogen (secondary N) is 1. The van der Waals surface area contributed by atoms with E-state index in [9.17, 15) is 13.6 Å². The average molecular weight is 389 g/mol. The number of anilines is 2.